The van der Waals surface area contributed by atoms with Crippen molar-refractivity contribution in [3.05, 3.63) is 35.4 Å². The Kier molecular flexibility index (Phi) is 5.22. The molecule has 110 valence electrons. The highest BCUT2D eigenvalue weighted by Crippen LogP contribution is 2.26. The van der Waals surface area contributed by atoms with Crippen molar-refractivity contribution < 1.29 is 4.79 Å². The molecule has 1 saturated carbocycles. The van der Waals surface area contributed by atoms with Gasteiger partial charge in [0.05, 0.1) is 0 Å². The molecule has 1 amide bonds. The molecule has 0 saturated heterocycles. The van der Waals surface area contributed by atoms with Crippen LogP contribution in [0.1, 0.15) is 50.2 Å². The quantitative estimate of drug-likeness (QED) is 0.813. The highest BCUT2D eigenvalue weighted by Gasteiger charge is 2.24. The average molecular weight is 273 g/mol. The van der Waals surface area contributed by atoms with Gasteiger partial charge in [-0.1, -0.05) is 36.8 Å². The molecule has 2 heteroatoms. The molecule has 0 aliphatic heterocycles. The van der Waals surface area contributed by atoms with Crippen LogP contribution in [0.3, 0.4) is 0 Å². The number of amides is 1. The third kappa shape index (κ3) is 4.09. The summed E-state index contributed by atoms with van der Waals surface area (Å²) in [6, 6.07) is 8.96. The van der Waals surface area contributed by atoms with Crippen LogP contribution in [-0.4, -0.2) is 23.9 Å². The molecule has 20 heavy (non-hydrogen) atoms. The number of hydrogen-bond donors (Lipinski definition) is 0. The average Bonchev–Trinajstić information content (AvgIpc) is 2.46. The molecule has 0 heterocycles. The number of aryl methyl sites for hydroxylation is 2. The Morgan fingerprint density at radius 1 is 1.15 bits per heavy atom. The Balaban J connectivity index is 1.80. The van der Waals surface area contributed by atoms with Crippen molar-refractivity contribution in [3.63, 3.8) is 0 Å². The molecule has 0 radical (unpaired) electrons. The SMILES string of the molecule is Cc1ccc(CCC(=O)N(C)C2CCC(C)CC2)cc1. The molecule has 0 bridgehead atoms. The molecule has 0 atom stereocenters. The number of rotatable bonds is 4. The number of nitrogens with zero attached hydrogens (tertiary/aromatic N) is 1. The largest absolute Gasteiger partial charge is 0.343 e. The fourth-order valence-corrected chi connectivity index (χ4v) is 3.02. The van der Waals surface area contributed by atoms with E-state index >= 15 is 0 Å². The van der Waals surface area contributed by atoms with Crippen LogP contribution < -0.4 is 0 Å². The zero-order chi connectivity index (χ0) is 14.5. The van der Waals surface area contributed by atoms with Gasteiger partial charge in [-0.25, -0.2) is 0 Å². The predicted molar refractivity (Wildman–Crippen MR) is 83.7 cm³/mol. The Bertz CT molecular complexity index is 429. The highest BCUT2D eigenvalue weighted by molar-refractivity contribution is 5.76. The molecule has 0 N–H and O–H groups in total. The van der Waals surface area contributed by atoms with Crippen molar-refractivity contribution in [2.75, 3.05) is 7.05 Å². The van der Waals surface area contributed by atoms with E-state index in [4.69, 9.17) is 0 Å². The van der Waals surface area contributed by atoms with Gasteiger partial charge in [-0.2, -0.15) is 0 Å². The lowest BCUT2D eigenvalue weighted by Crippen LogP contribution is -2.39. The first kappa shape index (κ1) is 15.1. The summed E-state index contributed by atoms with van der Waals surface area (Å²) in [7, 11) is 1.98. The van der Waals surface area contributed by atoms with Crippen molar-refractivity contribution in [3.8, 4) is 0 Å². The van der Waals surface area contributed by atoms with Gasteiger partial charge in [0, 0.05) is 19.5 Å². The second-order valence-electron chi connectivity index (χ2n) is 6.40. The van der Waals surface area contributed by atoms with Gasteiger partial charge in [0.15, 0.2) is 0 Å². The van der Waals surface area contributed by atoms with Crippen LogP contribution in [-0.2, 0) is 11.2 Å². The first-order valence-corrected chi connectivity index (χ1v) is 7.87. The van der Waals surface area contributed by atoms with Crippen LogP contribution in [0.2, 0.25) is 0 Å². The van der Waals surface area contributed by atoms with E-state index in [1.54, 1.807) is 0 Å². The Hall–Kier alpha value is -1.31. The zero-order valence-corrected chi connectivity index (χ0v) is 13.1. The van der Waals surface area contributed by atoms with Gasteiger partial charge in [0.25, 0.3) is 0 Å². The van der Waals surface area contributed by atoms with Crippen LogP contribution >= 0.6 is 0 Å². The number of carbonyl (C=O) groups is 1. The summed E-state index contributed by atoms with van der Waals surface area (Å²) in [5.41, 5.74) is 2.53. The number of carbonyl (C=O) groups excluding carboxylic acids is 1. The Labute approximate surface area is 123 Å². The highest BCUT2D eigenvalue weighted by atomic mass is 16.2. The fraction of sp³-hybridized carbons (Fsp3) is 0.611. The molecule has 1 aliphatic rings. The van der Waals surface area contributed by atoms with Gasteiger partial charge >= 0.3 is 0 Å². The summed E-state index contributed by atoms with van der Waals surface area (Å²) < 4.78 is 0. The normalized spacial score (nSPS) is 22.6. The summed E-state index contributed by atoms with van der Waals surface area (Å²) in [6.45, 7) is 4.40. The second kappa shape index (κ2) is 6.92. The Morgan fingerprint density at radius 2 is 1.75 bits per heavy atom. The van der Waals surface area contributed by atoms with Gasteiger partial charge < -0.3 is 4.90 Å². The fourth-order valence-electron chi connectivity index (χ4n) is 3.02. The maximum Gasteiger partial charge on any atom is 0.222 e. The van der Waals surface area contributed by atoms with Crippen LogP contribution in [0.5, 0.6) is 0 Å². The van der Waals surface area contributed by atoms with E-state index in [2.05, 4.69) is 38.1 Å². The minimum absolute atomic E-state index is 0.296. The first-order valence-electron chi connectivity index (χ1n) is 7.87. The maximum absolute atomic E-state index is 12.3. The van der Waals surface area contributed by atoms with E-state index in [1.807, 2.05) is 11.9 Å². The van der Waals surface area contributed by atoms with E-state index in [1.165, 1.54) is 36.8 Å². The molecular weight excluding hydrogens is 246 g/mol. The molecule has 0 unspecified atom stereocenters. The van der Waals surface area contributed by atoms with Crippen molar-refractivity contribution in [1.82, 2.24) is 4.90 Å². The first-order chi connectivity index (χ1) is 9.56. The van der Waals surface area contributed by atoms with Crippen molar-refractivity contribution >= 4 is 5.91 Å². The minimum Gasteiger partial charge on any atom is -0.343 e. The van der Waals surface area contributed by atoms with Gasteiger partial charge in [-0.3, -0.25) is 4.79 Å². The molecule has 0 aromatic heterocycles. The smallest absolute Gasteiger partial charge is 0.222 e. The maximum atomic E-state index is 12.3. The topological polar surface area (TPSA) is 20.3 Å². The summed E-state index contributed by atoms with van der Waals surface area (Å²) in [4.78, 5) is 14.3. The lowest BCUT2D eigenvalue weighted by atomic mass is 9.86. The Morgan fingerprint density at radius 3 is 2.35 bits per heavy atom. The second-order valence-corrected chi connectivity index (χ2v) is 6.40. The van der Waals surface area contributed by atoms with Crippen molar-refractivity contribution in [1.29, 1.82) is 0 Å². The third-order valence-electron chi connectivity index (χ3n) is 4.67. The van der Waals surface area contributed by atoms with E-state index in [0.717, 1.165) is 12.3 Å². The lowest BCUT2D eigenvalue weighted by Gasteiger charge is -2.33. The number of hydrogen-bond acceptors (Lipinski definition) is 1. The molecule has 1 fully saturated rings. The molecule has 1 aromatic carbocycles. The van der Waals surface area contributed by atoms with Crippen LogP contribution in [0, 0.1) is 12.8 Å². The van der Waals surface area contributed by atoms with Crippen LogP contribution in [0.25, 0.3) is 0 Å². The summed E-state index contributed by atoms with van der Waals surface area (Å²) in [5.74, 6) is 1.13. The molecule has 2 nitrogen and oxygen atoms in total. The van der Waals surface area contributed by atoms with Crippen LogP contribution in [0.15, 0.2) is 24.3 Å². The van der Waals surface area contributed by atoms with Crippen LogP contribution in [0.4, 0.5) is 0 Å². The predicted octanol–water partition coefficient (Wildman–Crippen LogP) is 3.96. The standard InChI is InChI=1S/C18H27NO/c1-14-4-8-16(9-5-14)10-13-18(20)19(3)17-11-6-15(2)7-12-17/h4-5,8-9,15,17H,6-7,10-13H2,1-3H3. The monoisotopic (exact) mass is 273 g/mol. The lowest BCUT2D eigenvalue weighted by molar-refractivity contribution is -0.132. The zero-order valence-electron chi connectivity index (χ0n) is 13.1. The summed E-state index contributed by atoms with van der Waals surface area (Å²) in [6.07, 6.45) is 6.36. The van der Waals surface area contributed by atoms with E-state index in [-0.39, 0.29) is 0 Å². The summed E-state index contributed by atoms with van der Waals surface area (Å²) in [5, 5.41) is 0. The van der Waals surface area contributed by atoms with E-state index < -0.39 is 0 Å². The van der Waals surface area contributed by atoms with E-state index in [0.29, 0.717) is 18.4 Å². The van der Waals surface area contributed by atoms with Gasteiger partial charge in [0.2, 0.25) is 5.91 Å². The molecule has 1 aromatic rings. The van der Waals surface area contributed by atoms with Crippen molar-refractivity contribution in [2.45, 2.75) is 58.4 Å². The molecule has 0 spiro atoms. The van der Waals surface area contributed by atoms with Gasteiger partial charge in [-0.05, 0) is 50.5 Å². The minimum atomic E-state index is 0.296. The molecular formula is C18H27NO. The molecule has 1 aliphatic carbocycles. The van der Waals surface area contributed by atoms with Gasteiger partial charge in [-0.15, -0.1) is 0 Å². The molecule has 2 rings (SSSR count). The van der Waals surface area contributed by atoms with Gasteiger partial charge in [0.1, 0.15) is 0 Å². The summed E-state index contributed by atoms with van der Waals surface area (Å²) >= 11 is 0. The number of benzene rings is 1. The third-order valence-corrected chi connectivity index (χ3v) is 4.67. The van der Waals surface area contributed by atoms with Crippen molar-refractivity contribution in [2.24, 2.45) is 5.92 Å². The van der Waals surface area contributed by atoms with E-state index in [9.17, 15) is 4.79 Å².